The lowest BCUT2D eigenvalue weighted by Crippen LogP contribution is -2.49. The molecule has 2 atom stereocenters. The van der Waals surface area contributed by atoms with Crippen LogP contribution in [-0.4, -0.2) is 39.4 Å². The number of methoxy groups -OCH3 is 3. The lowest BCUT2D eigenvalue weighted by Gasteiger charge is -2.38. The van der Waals surface area contributed by atoms with E-state index in [2.05, 4.69) is 5.32 Å². The van der Waals surface area contributed by atoms with Crippen molar-refractivity contribution >= 4 is 17.7 Å². The molecule has 0 saturated heterocycles. The second kappa shape index (κ2) is 8.86. The third kappa shape index (κ3) is 4.13. The third-order valence-electron chi connectivity index (χ3n) is 5.19. The number of urea groups is 1. The number of benzene rings is 2. The molecule has 0 bridgehead atoms. The maximum absolute atomic E-state index is 13.0. The number of rotatable bonds is 5. The summed E-state index contributed by atoms with van der Waals surface area (Å²) in [6.45, 7) is 2.27. The topological polar surface area (TPSA) is 77.1 Å². The van der Waals surface area contributed by atoms with Gasteiger partial charge in [-0.2, -0.15) is 0 Å². The van der Waals surface area contributed by atoms with Crippen molar-refractivity contribution in [3.8, 4) is 11.5 Å². The number of anilines is 1. The molecular formula is C22H26N2O5. The zero-order valence-electron chi connectivity index (χ0n) is 17.1. The van der Waals surface area contributed by atoms with Crippen LogP contribution in [0.3, 0.4) is 0 Å². The Hall–Kier alpha value is -3.22. The lowest BCUT2D eigenvalue weighted by molar-refractivity contribution is -0.142. The molecule has 0 aliphatic carbocycles. The molecule has 2 unspecified atom stereocenters. The molecule has 7 nitrogen and oxygen atoms in total. The first-order valence-electron chi connectivity index (χ1n) is 9.44. The number of hydrogen-bond acceptors (Lipinski definition) is 5. The maximum Gasteiger partial charge on any atom is 0.322 e. The van der Waals surface area contributed by atoms with Gasteiger partial charge in [0, 0.05) is 18.3 Å². The number of nitrogens with zero attached hydrogens (tertiary/aromatic N) is 1. The van der Waals surface area contributed by atoms with E-state index in [1.165, 1.54) is 7.11 Å². The van der Waals surface area contributed by atoms with Gasteiger partial charge in [0.25, 0.3) is 0 Å². The van der Waals surface area contributed by atoms with Crippen LogP contribution in [0, 0.1) is 0 Å². The van der Waals surface area contributed by atoms with Crippen molar-refractivity contribution in [3.63, 3.8) is 0 Å². The van der Waals surface area contributed by atoms with Crippen molar-refractivity contribution in [2.24, 2.45) is 0 Å². The first kappa shape index (κ1) is 20.5. The summed E-state index contributed by atoms with van der Waals surface area (Å²) in [4.78, 5) is 26.9. The molecule has 1 N–H and O–H groups in total. The van der Waals surface area contributed by atoms with Crippen LogP contribution in [0.25, 0.3) is 0 Å². The van der Waals surface area contributed by atoms with E-state index in [4.69, 9.17) is 14.2 Å². The molecular weight excluding hydrogens is 372 g/mol. The van der Waals surface area contributed by atoms with Gasteiger partial charge in [-0.1, -0.05) is 24.3 Å². The largest absolute Gasteiger partial charge is 0.493 e. The van der Waals surface area contributed by atoms with Crippen LogP contribution in [0.1, 0.15) is 30.4 Å². The SMILES string of the molecule is COC(=O)C1CC(C)N(C(=O)NCc2ccc(OC)c(OC)c2)c2ccccc21. The summed E-state index contributed by atoms with van der Waals surface area (Å²) < 4.78 is 15.5. The number of nitrogens with one attached hydrogen (secondary N) is 1. The molecule has 0 fully saturated rings. The number of carbonyl (C=O) groups excluding carboxylic acids is 2. The minimum atomic E-state index is -0.374. The number of hydrogen-bond donors (Lipinski definition) is 1. The van der Waals surface area contributed by atoms with E-state index in [0.29, 0.717) is 24.5 Å². The summed E-state index contributed by atoms with van der Waals surface area (Å²) >= 11 is 0. The summed E-state index contributed by atoms with van der Waals surface area (Å²) in [6.07, 6.45) is 0.507. The summed E-state index contributed by atoms with van der Waals surface area (Å²) in [5.41, 5.74) is 2.42. The van der Waals surface area contributed by atoms with E-state index >= 15 is 0 Å². The number of esters is 1. The predicted molar refractivity (Wildman–Crippen MR) is 110 cm³/mol. The monoisotopic (exact) mass is 398 g/mol. The molecule has 2 aromatic rings. The van der Waals surface area contributed by atoms with Crippen LogP contribution in [0.15, 0.2) is 42.5 Å². The van der Waals surface area contributed by atoms with E-state index in [1.54, 1.807) is 25.2 Å². The van der Waals surface area contributed by atoms with E-state index in [1.807, 2.05) is 43.3 Å². The molecule has 2 amide bonds. The Morgan fingerprint density at radius 2 is 1.79 bits per heavy atom. The van der Waals surface area contributed by atoms with Crippen molar-refractivity contribution in [3.05, 3.63) is 53.6 Å². The van der Waals surface area contributed by atoms with E-state index in [9.17, 15) is 9.59 Å². The first-order valence-corrected chi connectivity index (χ1v) is 9.44. The Morgan fingerprint density at radius 1 is 1.07 bits per heavy atom. The minimum absolute atomic E-state index is 0.153. The molecule has 29 heavy (non-hydrogen) atoms. The molecule has 0 aromatic heterocycles. The number of amides is 2. The molecule has 2 aromatic carbocycles. The van der Waals surface area contributed by atoms with Crippen molar-refractivity contribution in [1.82, 2.24) is 5.32 Å². The molecule has 1 aliphatic rings. The van der Waals surface area contributed by atoms with Crippen LogP contribution in [0.4, 0.5) is 10.5 Å². The normalized spacial score (nSPS) is 17.9. The summed E-state index contributed by atoms with van der Waals surface area (Å²) in [7, 11) is 4.54. The van der Waals surface area contributed by atoms with Crippen LogP contribution >= 0.6 is 0 Å². The fourth-order valence-electron chi connectivity index (χ4n) is 3.74. The molecule has 1 heterocycles. The molecule has 0 spiro atoms. The van der Waals surface area contributed by atoms with Crippen molar-refractivity contribution < 1.29 is 23.8 Å². The van der Waals surface area contributed by atoms with Gasteiger partial charge < -0.3 is 19.5 Å². The van der Waals surface area contributed by atoms with Gasteiger partial charge in [-0.3, -0.25) is 9.69 Å². The zero-order chi connectivity index (χ0) is 21.0. The molecule has 0 radical (unpaired) electrons. The van der Waals surface area contributed by atoms with Crippen LogP contribution in [-0.2, 0) is 16.1 Å². The number of fused-ring (bicyclic) bond motifs is 1. The second-order valence-electron chi connectivity index (χ2n) is 6.94. The zero-order valence-corrected chi connectivity index (χ0v) is 17.1. The Labute approximate surface area is 170 Å². The van der Waals surface area contributed by atoms with E-state index in [-0.39, 0.29) is 24.0 Å². The highest BCUT2D eigenvalue weighted by molar-refractivity contribution is 5.96. The lowest BCUT2D eigenvalue weighted by atomic mass is 9.86. The Kier molecular flexibility index (Phi) is 6.26. The van der Waals surface area contributed by atoms with Gasteiger partial charge in [-0.05, 0) is 42.7 Å². The highest BCUT2D eigenvalue weighted by atomic mass is 16.5. The molecule has 1 aliphatic heterocycles. The van der Waals surface area contributed by atoms with Crippen LogP contribution in [0.5, 0.6) is 11.5 Å². The highest BCUT2D eigenvalue weighted by Gasteiger charge is 2.37. The summed E-state index contributed by atoms with van der Waals surface area (Å²) in [6, 6.07) is 12.6. The third-order valence-corrected chi connectivity index (χ3v) is 5.19. The summed E-state index contributed by atoms with van der Waals surface area (Å²) in [5.74, 6) is 0.586. The quantitative estimate of drug-likeness (QED) is 0.781. The molecule has 7 heteroatoms. The van der Waals surface area contributed by atoms with Crippen LogP contribution in [0.2, 0.25) is 0 Å². The van der Waals surface area contributed by atoms with Crippen molar-refractivity contribution in [1.29, 1.82) is 0 Å². The Balaban J connectivity index is 1.79. The van der Waals surface area contributed by atoms with Gasteiger partial charge in [0.2, 0.25) is 0 Å². The first-order chi connectivity index (χ1) is 14.0. The highest BCUT2D eigenvalue weighted by Crippen LogP contribution is 2.39. The smallest absolute Gasteiger partial charge is 0.322 e. The number of para-hydroxylation sites is 1. The van der Waals surface area contributed by atoms with Gasteiger partial charge in [0.15, 0.2) is 11.5 Å². The summed E-state index contributed by atoms with van der Waals surface area (Å²) in [5, 5.41) is 2.96. The van der Waals surface area contributed by atoms with Crippen LogP contribution < -0.4 is 19.7 Å². The molecule has 0 saturated carbocycles. The van der Waals surface area contributed by atoms with Gasteiger partial charge in [0.1, 0.15) is 0 Å². The minimum Gasteiger partial charge on any atom is -0.493 e. The van der Waals surface area contributed by atoms with Gasteiger partial charge in [-0.15, -0.1) is 0 Å². The number of ether oxygens (including phenoxy) is 3. The second-order valence-corrected chi connectivity index (χ2v) is 6.94. The standard InChI is InChI=1S/C22H26N2O5/c1-14-11-17(21(25)29-4)16-7-5-6-8-18(16)24(14)22(26)23-13-15-9-10-19(27-2)20(12-15)28-3/h5-10,12,14,17H,11,13H2,1-4H3,(H,23,26). The maximum atomic E-state index is 13.0. The van der Waals surface area contributed by atoms with Crippen molar-refractivity contribution in [2.45, 2.75) is 31.8 Å². The Morgan fingerprint density at radius 3 is 2.48 bits per heavy atom. The predicted octanol–water partition coefficient (Wildman–Crippen LogP) is 3.47. The van der Waals surface area contributed by atoms with Gasteiger partial charge in [-0.25, -0.2) is 4.79 Å². The van der Waals surface area contributed by atoms with Crippen molar-refractivity contribution in [2.75, 3.05) is 26.2 Å². The molecule has 3 rings (SSSR count). The van der Waals surface area contributed by atoms with Gasteiger partial charge in [0.05, 0.1) is 27.2 Å². The van der Waals surface area contributed by atoms with Gasteiger partial charge >= 0.3 is 12.0 Å². The van der Waals surface area contributed by atoms with E-state index < -0.39 is 0 Å². The Bertz CT molecular complexity index is 899. The average molecular weight is 398 g/mol. The number of carbonyl (C=O) groups is 2. The fraction of sp³-hybridized carbons (Fsp3) is 0.364. The van der Waals surface area contributed by atoms with E-state index in [0.717, 1.165) is 16.8 Å². The molecule has 154 valence electrons. The fourth-order valence-corrected chi connectivity index (χ4v) is 3.74. The average Bonchev–Trinajstić information content (AvgIpc) is 2.76.